The summed E-state index contributed by atoms with van der Waals surface area (Å²) in [5.74, 6) is 0.934. The summed E-state index contributed by atoms with van der Waals surface area (Å²) in [5.41, 5.74) is 1.71. The zero-order valence-electron chi connectivity index (χ0n) is 11.2. The van der Waals surface area contributed by atoms with Gasteiger partial charge in [0.15, 0.2) is 0 Å². The summed E-state index contributed by atoms with van der Waals surface area (Å²) in [6.45, 7) is 4.13. The minimum atomic E-state index is -0.261. The molecule has 4 heteroatoms. The Labute approximate surface area is 112 Å². The van der Waals surface area contributed by atoms with Crippen molar-refractivity contribution in [1.29, 1.82) is 0 Å². The maximum absolute atomic E-state index is 12.3. The molecule has 102 valence electrons. The van der Waals surface area contributed by atoms with Crippen LogP contribution in [0.1, 0.15) is 48.5 Å². The summed E-state index contributed by atoms with van der Waals surface area (Å²) >= 11 is 0. The Kier molecular flexibility index (Phi) is 2.97. The number of aliphatic hydroxyl groups is 1. The van der Waals surface area contributed by atoms with Crippen molar-refractivity contribution in [2.75, 3.05) is 0 Å². The van der Waals surface area contributed by atoms with Gasteiger partial charge in [0, 0.05) is 17.5 Å². The molecule has 0 spiro atoms. The Balaban J connectivity index is 1.80. The summed E-state index contributed by atoms with van der Waals surface area (Å²) in [5, 5.41) is 12.2. The molecule has 2 atom stereocenters. The quantitative estimate of drug-likeness (QED) is 0.853. The maximum atomic E-state index is 12.3. The first-order valence-electron chi connectivity index (χ1n) is 6.84. The molecule has 0 aromatic heterocycles. The highest BCUT2D eigenvalue weighted by molar-refractivity contribution is 5.97. The fraction of sp³-hybridized carbons (Fsp3) is 0.533. The van der Waals surface area contributed by atoms with E-state index in [9.17, 15) is 9.90 Å². The van der Waals surface area contributed by atoms with Gasteiger partial charge < -0.3 is 15.2 Å². The van der Waals surface area contributed by atoms with Crippen molar-refractivity contribution in [2.45, 2.75) is 50.9 Å². The lowest BCUT2D eigenvalue weighted by Crippen LogP contribution is -2.46. The molecule has 0 saturated heterocycles. The van der Waals surface area contributed by atoms with Crippen LogP contribution in [0.3, 0.4) is 0 Å². The molecule has 19 heavy (non-hydrogen) atoms. The number of carbonyl (C=O) groups is 1. The lowest BCUT2D eigenvalue weighted by molar-refractivity contribution is 0.0561. The first kappa shape index (κ1) is 12.5. The van der Waals surface area contributed by atoms with Crippen molar-refractivity contribution in [3.63, 3.8) is 0 Å². The number of ether oxygens (including phenoxy) is 1. The van der Waals surface area contributed by atoms with Crippen LogP contribution in [0, 0.1) is 0 Å². The van der Waals surface area contributed by atoms with Crippen molar-refractivity contribution in [1.82, 2.24) is 5.32 Å². The van der Waals surface area contributed by atoms with Crippen LogP contribution < -0.4 is 10.1 Å². The van der Waals surface area contributed by atoms with E-state index in [0.29, 0.717) is 24.3 Å². The Hall–Kier alpha value is -1.55. The van der Waals surface area contributed by atoms with Crippen molar-refractivity contribution in [3.8, 4) is 5.75 Å². The van der Waals surface area contributed by atoms with Gasteiger partial charge in [-0.25, -0.2) is 0 Å². The minimum Gasteiger partial charge on any atom is -0.489 e. The second-order valence-corrected chi connectivity index (χ2v) is 5.63. The van der Waals surface area contributed by atoms with Gasteiger partial charge in [-0.05, 0) is 25.8 Å². The molecule has 1 aliphatic carbocycles. The van der Waals surface area contributed by atoms with E-state index in [0.717, 1.165) is 11.3 Å². The van der Waals surface area contributed by atoms with Crippen LogP contribution >= 0.6 is 0 Å². The molecular weight excluding hydrogens is 242 g/mol. The van der Waals surface area contributed by atoms with E-state index in [1.807, 2.05) is 19.1 Å². The maximum Gasteiger partial charge on any atom is 0.255 e. The van der Waals surface area contributed by atoms with Gasteiger partial charge in [-0.15, -0.1) is 0 Å². The molecule has 2 unspecified atom stereocenters. The van der Waals surface area contributed by atoms with Crippen LogP contribution in [-0.2, 0) is 0 Å². The van der Waals surface area contributed by atoms with Gasteiger partial charge in [0.05, 0.1) is 11.7 Å². The molecule has 3 rings (SSSR count). The van der Waals surface area contributed by atoms with E-state index in [2.05, 4.69) is 12.2 Å². The number of para-hydroxylation sites is 1. The molecule has 1 amide bonds. The zero-order valence-corrected chi connectivity index (χ0v) is 11.2. The number of fused-ring (bicyclic) bond motifs is 1. The lowest BCUT2D eigenvalue weighted by atomic mass is 9.89. The molecule has 4 nitrogen and oxygen atoms in total. The van der Waals surface area contributed by atoms with Crippen LogP contribution in [-0.4, -0.2) is 29.3 Å². The second-order valence-electron chi connectivity index (χ2n) is 5.63. The van der Waals surface area contributed by atoms with E-state index in [1.54, 1.807) is 6.07 Å². The predicted octanol–water partition coefficient (Wildman–Crippen LogP) is 1.82. The van der Waals surface area contributed by atoms with Gasteiger partial charge in [0.25, 0.3) is 5.91 Å². The van der Waals surface area contributed by atoms with Crippen LogP contribution in [0.15, 0.2) is 18.2 Å². The minimum absolute atomic E-state index is 0.0922. The smallest absolute Gasteiger partial charge is 0.255 e. The second kappa shape index (κ2) is 4.53. The van der Waals surface area contributed by atoms with Crippen LogP contribution in [0.2, 0.25) is 0 Å². The molecule has 1 aromatic carbocycles. The van der Waals surface area contributed by atoms with Gasteiger partial charge in [-0.3, -0.25) is 4.79 Å². The Morgan fingerprint density at radius 3 is 2.79 bits per heavy atom. The summed E-state index contributed by atoms with van der Waals surface area (Å²) in [7, 11) is 0. The third-order valence-electron chi connectivity index (χ3n) is 4.24. The zero-order chi connectivity index (χ0) is 13.6. The number of benzene rings is 1. The first-order valence-corrected chi connectivity index (χ1v) is 6.84. The highest BCUT2D eigenvalue weighted by Crippen LogP contribution is 2.40. The molecule has 0 radical (unpaired) electrons. The average Bonchev–Trinajstić information content (AvgIpc) is 2.63. The van der Waals surface area contributed by atoms with E-state index in [1.165, 1.54) is 0 Å². The fourth-order valence-electron chi connectivity index (χ4n) is 2.73. The molecule has 2 aliphatic rings. The Bertz CT molecular complexity index is 508. The number of rotatable bonds is 2. The van der Waals surface area contributed by atoms with Gasteiger partial charge in [0.2, 0.25) is 0 Å². The van der Waals surface area contributed by atoms with Crippen LogP contribution in [0.4, 0.5) is 0 Å². The Morgan fingerprint density at radius 1 is 1.37 bits per heavy atom. The molecular formula is C15H19NO3. The third-order valence-corrected chi connectivity index (χ3v) is 4.24. The van der Waals surface area contributed by atoms with Gasteiger partial charge in [-0.2, -0.15) is 0 Å². The van der Waals surface area contributed by atoms with Gasteiger partial charge in [-0.1, -0.05) is 19.1 Å². The number of carbonyl (C=O) groups excluding carboxylic acids is 1. The highest BCUT2D eigenvalue weighted by atomic mass is 16.5. The summed E-state index contributed by atoms with van der Waals surface area (Å²) in [4.78, 5) is 12.3. The van der Waals surface area contributed by atoms with Crippen molar-refractivity contribution < 1.29 is 14.6 Å². The number of aliphatic hydroxyl groups excluding tert-OH is 1. The highest BCUT2D eigenvalue weighted by Gasteiger charge is 2.33. The normalized spacial score (nSPS) is 32.2. The molecule has 2 N–H and O–H groups in total. The van der Waals surface area contributed by atoms with Gasteiger partial charge in [0.1, 0.15) is 11.9 Å². The number of nitrogens with one attached hydrogen (secondary N) is 1. The number of amides is 1. The number of hydrogen-bond donors (Lipinski definition) is 2. The average molecular weight is 261 g/mol. The molecule has 1 aromatic rings. The van der Waals surface area contributed by atoms with E-state index < -0.39 is 0 Å². The van der Waals surface area contributed by atoms with Crippen LogP contribution in [0.25, 0.3) is 0 Å². The standard InChI is InChI=1S/C15H19NO3/c1-8-9(2)19-14-12(8)4-3-5-13(14)15(18)16-10-6-11(17)7-10/h3-5,8-11,17H,6-7H2,1-2H3,(H,16,18). The predicted molar refractivity (Wildman–Crippen MR) is 71.4 cm³/mol. The topological polar surface area (TPSA) is 58.6 Å². The molecule has 1 fully saturated rings. The van der Waals surface area contributed by atoms with E-state index >= 15 is 0 Å². The molecule has 0 bridgehead atoms. The molecule has 1 aliphatic heterocycles. The monoisotopic (exact) mass is 261 g/mol. The van der Waals surface area contributed by atoms with Crippen molar-refractivity contribution in [2.24, 2.45) is 0 Å². The fourth-order valence-corrected chi connectivity index (χ4v) is 2.73. The molecule has 1 saturated carbocycles. The van der Waals surface area contributed by atoms with Gasteiger partial charge >= 0.3 is 0 Å². The first-order chi connectivity index (χ1) is 9.06. The van der Waals surface area contributed by atoms with Crippen molar-refractivity contribution >= 4 is 5.91 Å². The van der Waals surface area contributed by atoms with E-state index in [-0.39, 0.29) is 24.2 Å². The summed E-state index contributed by atoms with van der Waals surface area (Å²) < 4.78 is 5.82. The lowest BCUT2D eigenvalue weighted by Gasteiger charge is -2.32. The van der Waals surface area contributed by atoms with E-state index in [4.69, 9.17) is 4.74 Å². The summed E-state index contributed by atoms with van der Waals surface area (Å²) in [6, 6.07) is 5.82. The Morgan fingerprint density at radius 2 is 2.11 bits per heavy atom. The van der Waals surface area contributed by atoms with Crippen molar-refractivity contribution in [3.05, 3.63) is 29.3 Å². The largest absolute Gasteiger partial charge is 0.489 e. The number of hydrogen-bond acceptors (Lipinski definition) is 3. The SMILES string of the molecule is CC1Oc2c(C(=O)NC3CC(O)C3)cccc2C1C. The summed E-state index contributed by atoms with van der Waals surface area (Å²) in [6.07, 6.45) is 1.14. The molecule has 1 heterocycles. The van der Waals surface area contributed by atoms with Crippen LogP contribution in [0.5, 0.6) is 5.75 Å². The third kappa shape index (κ3) is 2.10.